The fourth-order valence-electron chi connectivity index (χ4n) is 3.40. The number of hydrogen-bond acceptors (Lipinski definition) is 3. The molecule has 1 aliphatic heterocycles. The molecule has 0 bridgehead atoms. The van der Waals surface area contributed by atoms with E-state index in [2.05, 4.69) is 53.1 Å². The van der Waals surface area contributed by atoms with E-state index in [9.17, 15) is 0 Å². The summed E-state index contributed by atoms with van der Waals surface area (Å²) in [6, 6.07) is 8.19. The van der Waals surface area contributed by atoms with E-state index >= 15 is 0 Å². The third-order valence-electron chi connectivity index (χ3n) is 5.28. The predicted octanol–water partition coefficient (Wildman–Crippen LogP) is 3.00. The van der Waals surface area contributed by atoms with Crippen molar-refractivity contribution in [3.63, 3.8) is 0 Å². The maximum Gasteiger partial charge on any atom is 0.193 e. The topological polar surface area (TPSA) is 40.1 Å². The summed E-state index contributed by atoms with van der Waals surface area (Å²) in [5, 5.41) is 3.50. The van der Waals surface area contributed by atoms with Gasteiger partial charge in [0, 0.05) is 20.6 Å². The molecule has 1 aliphatic rings. The zero-order valence-electron chi connectivity index (χ0n) is 17.0. The van der Waals surface area contributed by atoms with Crippen LogP contribution >= 0.6 is 0 Å². The standard InChI is InChI=1S/C21H36N4O/c1-5-25-14-11-19(12-15-25)10-13-23-21(22-3)24(4)16-17-26-20-8-6-18(2)7-9-20/h6-9,19H,5,10-17H2,1-4H3,(H,22,23). The molecule has 0 amide bonds. The van der Waals surface area contributed by atoms with E-state index in [1.165, 1.54) is 44.5 Å². The van der Waals surface area contributed by atoms with Crippen LogP contribution in [-0.4, -0.2) is 69.2 Å². The number of benzene rings is 1. The fraction of sp³-hybridized carbons (Fsp3) is 0.667. The Labute approximate surface area is 159 Å². The Balaban J connectivity index is 1.63. The number of hydrogen-bond donors (Lipinski definition) is 1. The third kappa shape index (κ3) is 6.87. The quantitative estimate of drug-likeness (QED) is 0.571. The Hall–Kier alpha value is -1.75. The van der Waals surface area contributed by atoms with Gasteiger partial charge in [-0.05, 0) is 63.9 Å². The van der Waals surface area contributed by atoms with Crippen molar-refractivity contribution in [2.45, 2.75) is 33.1 Å². The number of ether oxygens (including phenoxy) is 1. The number of piperidine rings is 1. The minimum absolute atomic E-state index is 0.649. The van der Waals surface area contributed by atoms with Gasteiger partial charge in [0.25, 0.3) is 0 Å². The van der Waals surface area contributed by atoms with Gasteiger partial charge in [0.15, 0.2) is 5.96 Å². The Morgan fingerprint density at radius 1 is 1.27 bits per heavy atom. The summed E-state index contributed by atoms with van der Waals surface area (Å²) < 4.78 is 5.82. The van der Waals surface area contributed by atoms with Crippen molar-refractivity contribution >= 4 is 5.96 Å². The number of nitrogens with zero attached hydrogens (tertiary/aromatic N) is 3. The van der Waals surface area contributed by atoms with Crippen LogP contribution in [0, 0.1) is 12.8 Å². The molecule has 5 nitrogen and oxygen atoms in total. The van der Waals surface area contributed by atoms with Crippen LogP contribution < -0.4 is 10.1 Å². The third-order valence-corrected chi connectivity index (χ3v) is 5.28. The first-order valence-electron chi connectivity index (χ1n) is 9.96. The average Bonchev–Trinajstić information content (AvgIpc) is 2.67. The van der Waals surface area contributed by atoms with Crippen molar-refractivity contribution in [2.75, 3.05) is 53.4 Å². The van der Waals surface area contributed by atoms with Crippen LogP contribution in [0.25, 0.3) is 0 Å². The average molecular weight is 361 g/mol. The molecule has 146 valence electrons. The molecule has 1 aromatic rings. The number of likely N-dealkylation sites (tertiary alicyclic amines) is 1. The van der Waals surface area contributed by atoms with Gasteiger partial charge in [-0.15, -0.1) is 0 Å². The van der Waals surface area contributed by atoms with Gasteiger partial charge in [0.2, 0.25) is 0 Å². The van der Waals surface area contributed by atoms with E-state index in [1.807, 2.05) is 19.2 Å². The molecule has 5 heteroatoms. The Kier molecular flexibility index (Phi) is 8.75. The molecule has 0 aliphatic carbocycles. The van der Waals surface area contributed by atoms with Crippen LogP contribution in [0.4, 0.5) is 0 Å². The van der Waals surface area contributed by atoms with E-state index in [0.29, 0.717) is 6.61 Å². The monoisotopic (exact) mass is 360 g/mol. The van der Waals surface area contributed by atoms with Crippen LogP contribution in [0.5, 0.6) is 5.75 Å². The van der Waals surface area contributed by atoms with Gasteiger partial charge >= 0.3 is 0 Å². The summed E-state index contributed by atoms with van der Waals surface area (Å²) in [6.07, 6.45) is 3.88. The van der Waals surface area contributed by atoms with Gasteiger partial charge in [-0.25, -0.2) is 0 Å². The summed E-state index contributed by atoms with van der Waals surface area (Å²) in [4.78, 5) is 9.08. The Morgan fingerprint density at radius 3 is 2.58 bits per heavy atom. The molecule has 2 rings (SSSR count). The lowest BCUT2D eigenvalue weighted by molar-refractivity contribution is 0.187. The zero-order valence-corrected chi connectivity index (χ0v) is 17.0. The predicted molar refractivity (Wildman–Crippen MR) is 110 cm³/mol. The minimum Gasteiger partial charge on any atom is -0.492 e. The van der Waals surface area contributed by atoms with Gasteiger partial charge in [0.05, 0.1) is 6.54 Å². The molecule has 1 N–H and O–H groups in total. The Bertz CT molecular complexity index is 535. The molecule has 1 fully saturated rings. The van der Waals surface area contributed by atoms with Crippen molar-refractivity contribution in [1.29, 1.82) is 0 Å². The van der Waals surface area contributed by atoms with Crippen molar-refractivity contribution in [3.8, 4) is 5.75 Å². The lowest BCUT2D eigenvalue weighted by atomic mass is 9.93. The number of likely N-dealkylation sites (N-methyl/N-ethyl adjacent to an activating group) is 1. The van der Waals surface area contributed by atoms with Crippen LogP contribution in [0.3, 0.4) is 0 Å². The molecule has 26 heavy (non-hydrogen) atoms. The second-order valence-electron chi connectivity index (χ2n) is 7.22. The number of aliphatic imine (C=N–C) groups is 1. The molecule has 1 aromatic carbocycles. The van der Waals surface area contributed by atoms with E-state index < -0.39 is 0 Å². The molecule has 1 heterocycles. The maximum absolute atomic E-state index is 5.82. The first-order valence-corrected chi connectivity index (χ1v) is 9.96. The van der Waals surface area contributed by atoms with Crippen LogP contribution in [0.15, 0.2) is 29.3 Å². The van der Waals surface area contributed by atoms with Crippen molar-refractivity contribution in [1.82, 2.24) is 15.1 Å². The molecular weight excluding hydrogens is 324 g/mol. The summed E-state index contributed by atoms with van der Waals surface area (Å²) >= 11 is 0. The minimum atomic E-state index is 0.649. The molecule has 0 spiro atoms. The highest BCUT2D eigenvalue weighted by Gasteiger charge is 2.17. The van der Waals surface area contributed by atoms with Gasteiger partial charge in [-0.2, -0.15) is 0 Å². The molecule has 0 aromatic heterocycles. The SMILES string of the molecule is CCN1CCC(CCNC(=NC)N(C)CCOc2ccc(C)cc2)CC1. The molecule has 0 saturated carbocycles. The first-order chi connectivity index (χ1) is 12.6. The normalized spacial score (nSPS) is 16.5. The number of aryl methyl sites for hydroxylation is 1. The first kappa shape index (κ1) is 20.6. The van der Waals surface area contributed by atoms with Gasteiger partial charge in [-0.3, -0.25) is 4.99 Å². The van der Waals surface area contributed by atoms with E-state index in [0.717, 1.165) is 30.7 Å². The highest BCUT2D eigenvalue weighted by Crippen LogP contribution is 2.19. The molecule has 0 unspecified atom stereocenters. The van der Waals surface area contributed by atoms with E-state index in [4.69, 9.17) is 4.74 Å². The number of nitrogens with one attached hydrogen (secondary N) is 1. The molecular formula is C21H36N4O. The second-order valence-corrected chi connectivity index (χ2v) is 7.22. The highest BCUT2D eigenvalue weighted by molar-refractivity contribution is 5.79. The zero-order chi connectivity index (χ0) is 18.8. The smallest absolute Gasteiger partial charge is 0.193 e. The van der Waals surface area contributed by atoms with Crippen molar-refractivity contribution < 1.29 is 4.74 Å². The maximum atomic E-state index is 5.82. The molecule has 0 radical (unpaired) electrons. The van der Waals surface area contributed by atoms with E-state index in [-0.39, 0.29) is 0 Å². The lowest BCUT2D eigenvalue weighted by Gasteiger charge is -2.31. The summed E-state index contributed by atoms with van der Waals surface area (Å²) in [5.41, 5.74) is 1.25. The molecule has 1 saturated heterocycles. The number of guanidine groups is 1. The van der Waals surface area contributed by atoms with Crippen molar-refractivity contribution in [2.24, 2.45) is 10.9 Å². The summed E-state index contributed by atoms with van der Waals surface area (Å²) in [5.74, 6) is 2.72. The fourth-order valence-corrected chi connectivity index (χ4v) is 3.40. The second kappa shape index (κ2) is 11.1. The summed E-state index contributed by atoms with van der Waals surface area (Å²) in [7, 11) is 3.91. The number of rotatable bonds is 8. The van der Waals surface area contributed by atoms with Crippen LogP contribution in [-0.2, 0) is 0 Å². The summed E-state index contributed by atoms with van der Waals surface area (Å²) in [6.45, 7) is 10.5. The van der Waals surface area contributed by atoms with Gasteiger partial charge in [-0.1, -0.05) is 24.6 Å². The van der Waals surface area contributed by atoms with Gasteiger partial charge in [0.1, 0.15) is 12.4 Å². The highest BCUT2D eigenvalue weighted by atomic mass is 16.5. The van der Waals surface area contributed by atoms with Crippen LogP contribution in [0.2, 0.25) is 0 Å². The molecule has 0 atom stereocenters. The van der Waals surface area contributed by atoms with E-state index in [1.54, 1.807) is 0 Å². The lowest BCUT2D eigenvalue weighted by Crippen LogP contribution is -2.42. The largest absolute Gasteiger partial charge is 0.492 e. The van der Waals surface area contributed by atoms with Crippen molar-refractivity contribution in [3.05, 3.63) is 29.8 Å². The Morgan fingerprint density at radius 2 is 1.96 bits per heavy atom. The van der Waals surface area contributed by atoms with Gasteiger partial charge < -0.3 is 19.9 Å². The van der Waals surface area contributed by atoms with Crippen LogP contribution in [0.1, 0.15) is 31.7 Å².